The Labute approximate surface area is 132 Å². The number of halogens is 1. The monoisotopic (exact) mass is 313 g/mol. The molecule has 0 aliphatic rings. The van der Waals surface area contributed by atoms with Gasteiger partial charge < -0.3 is 16.4 Å². The summed E-state index contributed by atoms with van der Waals surface area (Å²) in [6.45, 7) is 6.20. The molecule has 1 unspecified atom stereocenters. The van der Waals surface area contributed by atoms with E-state index in [9.17, 15) is 9.59 Å². The molecule has 0 aliphatic carbocycles. The third kappa shape index (κ3) is 6.60. The molecule has 0 fully saturated rings. The van der Waals surface area contributed by atoms with Gasteiger partial charge in [-0.05, 0) is 44.9 Å². The first-order chi connectivity index (χ1) is 9.43. The number of aryl methyl sites for hydroxylation is 1. The maximum Gasteiger partial charge on any atom is 0.251 e. The smallest absolute Gasteiger partial charge is 0.251 e. The highest BCUT2D eigenvalue weighted by atomic mass is 35.5. The average Bonchev–Trinajstić information content (AvgIpc) is 2.39. The van der Waals surface area contributed by atoms with Crippen LogP contribution in [0.1, 0.15) is 42.6 Å². The van der Waals surface area contributed by atoms with Crippen LogP contribution in [0.5, 0.6) is 0 Å². The second-order valence-corrected chi connectivity index (χ2v) is 4.95. The summed E-state index contributed by atoms with van der Waals surface area (Å²) in [5.74, 6) is -0.225. The van der Waals surface area contributed by atoms with Gasteiger partial charge in [-0.1, -0.05) is 6.07 Å². The maximum atomic E-state index is 11.8. The summed E-state index contributed by atoms with van der Waals surface area (Å²) in [6, 6.07) is 5.27. The number of hydrogen-bond acceptors (Lipinski definition) is 3. The van der Waals surface area contributed by atoms with Gasteiger partial charge in [0.15, 0.2) is 0 Å². The number of rotatable bonds is 6. The van der Waals surface area contributed by atoms with Gasteiger partial charge in [0.1, 0.15) is 0 Å². The molecule has 0 saturated heterocycles. The molecule has 1 aromatic carbocycles. The number of carbonyl (C=O) groups is 2. The van der Waals surface area contributed by atoms with E-state index in [1.165, 1.54) is 0 Å². The highest BCUT2D eigenvalue weighted by molar-refractivity contribution is 5.97. The molecule has 6 heteroatoms. The van der Waals surface area contributed by atoms with Crippen LogP contribution >= 0.6 is 12.4 Å². The fourth-order valence-electron chi connectivity index (χ4n) is 1.73. The van der Waals surface area contributed by atoms with Gasteiger partial charge in [-0.3, -0.25) is 9.59 Å². The van der Waals surface area contributed by atoms with Crippen LogP contribution in [0.2, 0.25) is 0 Å². The van der Waals surface area contributed by atoms with Gasteiger partial charge in [-0.15, -0.1) is 12.4 Å². The summed E-state index contributed by atoms with van der Waals surface area (Å²) in [6.07, 6.45) is 1.02. The van der Waals surface area contributed by atoms with Gasteiger partial charge in [0, 0.05) is 30.3 Å². The second kappa shape index (κ2) is 9.37. The zero-order valence-electron chi connectivity index (χ0n) is 12.7. The largest absolute Gasteiger partial charge is 0.352 e. The van der Waals surface area contributed by atoms with Crippen molar-refractivity contribution in [3.05, 3.63) is 29.3 Å². The predicted octanol–water partition coefficient (Wildman–Crippen LogP) is 2.23. The van der Waals surface area contributed by atoms with Gasteiger partial charge in [0.25, 0.3) is 5.91 Å². The molecular weight excluding hydrogens is 290 g/mol. The van der Waals surface area contributed by atoms with Crippen molar-refractivity contribution in [2.45, 2.75) is 39.7 Å². The third-order valence-electron chi connectivity index (χ3n) is 2.94. The Morgan fingerprint density at radius 3 is 2.57 bits per heavy atom. The van der Waals surface area contributed by atoms with Gasteiger partial charge in [-0.2, -0.15) is 0 Å². The maximum absolute atomic E-state index is 11.8. The van der Waals surface area contributed by atoms with Gasteiger partial charge in [0.2, 0.25) is 5.91 Å². The molecule has 0 saturated carbocycles. The van der Waals surface area contributed by atoms with Crippen LogP contribution < -0.4 is 16.4 Å². The number of benzene rings is 1. The highest BCUT2D eigenvalue weighted by Gasteiger charge is 2.10. The molecule has 21 heavy (non-hydrogen) atoms. The molecule has 1 atom stereocenters. The highest BCUT2D eigenvalue weighted by Crippen LogP contribution is 2.17. The standard InChI is InChI=1S/C15H23N3O2.ClH/c1-4-17-15(20)12-7-5-10(2)13(9-12)18-14(19)8-6-11(3)16;/h5,7,9,11H,4,6,8,16H2,1-3H3,(H,17,20)(H,18,19);1H. The molecule has 0 aromatic heterocycles. The quantitative estimate of drug-likeness (QED) is 0.753. The lowest BCUT2D eigenvalue weighted by Gasteiger charge is -2.11. The lowest BCUT2D eigenvalue weighted by molar-refractivity contribution is -0.116. The Morgan fingerprint density at radius 1 is 1.33 bits per heavy atom. The predicted molar refractivity (Wildman–Crippen MR) is 87.9 cm³/mol. The van der Waals surface area contributed by atoms with E-state index < -0.39 is 0 Å². The van der Waals surface area contributed by atoms with E-state index in [-0.39, 0.29) is 30.3 Å². The van der Waals surface area contributed by atoms with Gasteiger partial charge in [-0.25, -0.2) is 0 Å². The van der Waals surface area contributed by atoms with E-state index in [0.717, 1.165) is 5.56 Å². The van der Waals surface area contributed by atoms with E-state index >= 15 is 0 Å². The van der Waals surface area contributed by atoms with Crippen LogP contribution in [-0.4, -0.2) is 24.4 Å². The molecule has 0 radical (unpaired) electrons. The molecule has 0 bridgehead atoms. The van der Waals surface area contributed by atoms with Crippen LogP contribution in [0.4, 0.5) is 5.69 Å². The molecule has 0 spiro atoms. The van der Waals surface area contributed by atoms with E-state index in [1.54, 1.807) is 12.1 Å². The van der Waals surface area contributed by atoms with Crippen molar-refractivity contribution in [3.63, 3.8) is 0 Å². The normalized spacial score (nSPS) is 11.2. The molecule has 1 rings (SSSR count). The summed E-state index contributed by atoms with van der Waals surface area (Å²) in [5.41, 5.74) is 7.76. The minimum Gasteiger partial charge on any atom is -0.352 e. The average molecular weight is 314 g/mol. The summed E-state index contributed by atoms with van der Waals surface area (Å²) in [4.78, 5) is 23.6. The fraction of sp³-hybridized carbons (Fsp3) is 0.467. The second-order valence-electron chi connectivity index (χ2n) is 4.95. The molecular formula is C15H24ClN3O2. The van der Waals surface area contributed by atoms with Crippen LogP contribution in [-0.2, 0) is 4.79 Å². The van der Waals surface area contributed by atoms with E-state index in [0.29, 0.717) is 30.6 Å². The first-order valence-electron chi connectivity index (χ1n) is 6.88. The van der Waals surface area contributed by atoms with Crippen LogP contribution in [0.3, 0.4) is 0 Å². The topological polar surface area (TPSA) is 84.2 Å². The molecule has 0 heterocycles. The number of carbonyl (C=O) groups excluding carboxylic acids is 2. The molecule has 4 N–H and O–H groups in total. The zero-order valence-corrected chi connectivity index (χ0v) is 13.5. The third-order valence-corrected chi connectivity index (χ3v) is 2.94. The van der Waals surface area contributed by atoms with Crippen molar-refractivity contribution < 1.29 is 9.59 Å². The Morgan fingerprint density at radius 2 is 2.00 bits per heavy atom. The first kappa shape index (κ1) is 19.4. The van der Waals surface area contributed by atoms with Crippen molar-refractivity contribution >= 4 is 29.9 Å². The van der Waals surface area contributed by atoms with Crippen LogP contribution in [0, 0.1) is 6.92 Å². The van der Waals surface area contributed by atoms with Crippen LogP contribution in [0.15, 0.2) is 18.2 Å². The lowest BCUT2D eigenvalue weighted by atomic mass is 10.1. The van der Waals surface area contributed by atoms with Crippen molar-refractivity contribution in [2.24, 2.45) is 5.73 Å². The van der Waals surface area contributed by atoms with Crippen LogP contribution in [0.25, 0.3) is 0 Å². The summed E-state index contributed by atoms with van der Waals surface area (Å²) in [7, 11) is 0. The van der Waals surface area contributed by atoms with Gasteiger partial charge in [0.05, 0.1) is 0 Å². The van der Waals surface area contributed by atoms with Crippen molar-refractivity contribution in [1.29, 1.82) is 0 Å². The number of amides is 2. The van der Waals surface area contributed by atoms with Crippen molar-refractivity contribution in [3.8, 4) is 0 Å². The Hall–Kier alpha value is -1.59. The van der Waals surface area contributed by atoms with Crippen molar-refractivity contribution in [1.82, 2.24) is 5.32 Å². The summed E-state index contributed by atoms with van der Waals surface area (Å²) < 4.78 is 0. The first-order valence-corrected chi connectivity index (χ1v) is 6.88. The number of nitrogens with two attached hydrogens (primary N) is 1. The minimum absolute atomic E-state index is 0. The van der Waals surface area contributed by atoms with E-state index in [2.05, 4.69) is 10.6 Å². The van der Waals surface area contributed by atoms with E-state index in [1.807, 2.05) is 26.8 Å². The number of anilines is 1. The molecule has 1 aromatic rings. The van der Waals surface area contributed by atoms with Crippen molar-refractivity contribution in [2.75, 3.05) is 11.9 Å². The summed E-state index contributed by atoms with van der Waals surface area (Å²) >= 11 is 0. The lowest BCUT2D eigenvalue weighted by Crippen LogP contribution is -2.23. The molecule has 5 nitrogen and oxygen atoms in total. The number of hydrogen-bond donors (Lipinski definition) is 3. The SMILES string of the molecule is CCNC(=O)c1ccc(C)c(NC(=O)CCC(C)N)c1.Cl. The Balaban J connectivity index is 0.00000400. The minimum atomic E-state index is -0.140. The molecule has 0 aliphatic heterocycles. The molecule has 2 amide bonds. The van der Waals surface area contributed by atoms with E-state index in [4.69, 9.17) is 5.73 Å². The Bertz CT molecular complexity index is 490. The van der Waals surface area contributed by atoms with Gasteiger partial charge >= 0.3 is 0 Å². The summed E-state index contributed by atoms with van der Waals surface area (Å²) in [5, 5.41) is 5.56. The Kier molecular flexibility index (Phi) is 8.66. The molecule has 118 valence electrons. The fourth-order valence-corrected chi connectivity index (χ4v) is 1.73. The number of nitrogens with one attached hydrogen (secondary N) is 2. The zero-order chi connectivity index (χ0) is 15.1.